The highest BCUT2D eigenvalue weighted by atomic mass is 35.5. The maximum Gasteiger partial charge on any atom is 0.344 e. The number of rotatable bonds is 8. The summed E-state index contributed by atoms with van der Waals surface area (Å²) < 4.78 is 24.4. The molecule has 0 aliphatic heterocycles. The van der Waals surface area contributed by atoms with Crippen molar-refractivity contribution in [1.29, 1.82) is 10.5 Å². The molecule has 0 aliphatic carbocycles. The van der Waals surface area contributed by atoms with Gasteiger partial charge in [-0.05, 0) is 74.9 Å². The van der Waals surface area contributed by atoms with Gasteiger partial charge in [0.25, 0.3) is 0 Å². The fourth-order valence-electron chi connectivity index (χ4n) is 3.85. The Kier molecular flexibility index (Phi) is 8.37. The summed E-state index contributed by atoms with van der Waals surface area (Å²) in [6.07, 6.45) is 1.47. The van der Waals surface area contributed by atoms with Gasteiger partial charge in [0.15, 0.2) is 6.61 Å². The second kappa shape index (κ2) is 11.9. The molecule has 0 atom stereocenters. The summed E-state index contributed by atoms with van der Waals surface area (Å²) in [5, 5.41) is 26.4. The molecule has 0 saturated heterocycles. The molecule has 1 aromatic heterocycles. The van der Waals surface area contributed by atoms with Gasteiger partial charge in [0.2, 0.25) is 0 Å². The van der Waals surface area contributed by atoms with Gasteiger partial charge in [0.05, 0.1) is 27.4 Å². The molecule has 0 amide bonds. The summed E-state index contributed by atoms with van der Waals surface area (Å²) in [6.45, 7) is 5.37. The van der Waals surface area contributed by atoms with Crippen molar-refractivity contribution in [1.82, 2.24) is 4.98 Å². The molecular weight excluding hydrogens is 533 g/mol. The van der Waals surface area contributed by atoms with Crippen LogP contribution in [-0.2, 0) is 16.1 Å². The van der Waals surface area contributed by atoms with Gasteiger partial charge in [-0.25, -0.2) is 9.18 Å². The smallest absolute Gasteiger partial charge is 0.344 e. The van der Waals surface area contributed by atoms with Gasteiger partial charge in [-0.3, -0.25) is 4.98 Å². The maximum absolute atomic E-state index is 13.6. The number of pyridine rings is 1. The summed E-state index contributed by atoms with van der Waals surface area (Å²) >= 11 is 5.93. The number of nitrogens with one attached hydrogen (secondary N) is 2. The first-order chi connectivity index (χ1) is 19.1. The first kappa shape index (κ1) is 28.2. The normalized spacial score (nSPS) is 10.9. The fraction of sp³-hybridized carbons (Fsp3) is 0.200. The number of ether oxygens (including phenoxy) is 2. The minimum Gasteiger partial charge on any atom is -0.481 e. The zero-order valence-electron chi connectivity index (χ0n) is 22.0. The number of hydrogen-bond acceptors (Lipinski definition) is 8. The molecule has 0 unspecified atom stereocenters. The molecule has 4 rings (SSSR count). The fourth-order valence-corrected chi connectivity index (χ4v) is 4.03. The van der Waals surface area contributed by atoms with E-state index in [2.05, 4.69) is 27.8 Å². The second-order valence-corrected chi connectivity index (χ2v) is 10.2. The topological polar surface area (TPSA) is 120 Å². The molecular formula is C30H25ClFN5O3. The van der Waals surface area contributed by atoms with Crippen molar-refractivity contribution < 1.29 is 18.7 Å². The number of carbonyl (C=O) groups excluding carboxylic acids is 1. The zero-order valence-corrected chi connectivity index (χ0v) is 22.8. The molecule has 3 aromatic carbocycles. The Bertz CT molecular complexity index is 1670. The quantitative estimate of drug-likeness (QED) is 0.226. The Morgan fingerprint density at radius 1 is 1.02 bits per heavy atom. The molecule has 40 heavy (non-hydrogen) atoms. The van der Waals surface area contributed by atoms with Gasteiger partial charge in [0.1, 0.15) is 29.3 Å². The van der Waals surface area contributed by atoms with Crippen molar-refractivity contribution in [2.24, 2.45) is 0 Å². The minimum atomic E-state index is -0.630. The van der Waals surface area contributed by atoms with E-state index in [1.54, 1.807) is 39.0 Å². The van der Waals surface area contributed by atoms with E-state index in [0.717, 1.165) is 11.3 Å². The minimum absolute atomic E-state index is 0.0396. The van der Waals surface area contributed by atoms with E-state index in [-0.39, 0.29) is 22.9 Å². The molecule has 0 bridgehead atoms. The highest BCUT2D eigenvalue weighted by Gasteiger charge is 2.17. The molecule has 0 radical (unpaired) electrons. The number of carbonyl (C=O) groups is 1. The number of esters is 1. The van der Waals surface area contributed by atoms with Gasteiger partial charge < -0.3 is 20.1 Å². The summed E-state index contributed by atoms with van der Waals surface area (Å²) in [4.78, 5) is 16.3. The molecule has 0 aliphatic rings. The highest BCUT2D eigenvalue weighted by molar-refractivity contribution is 6.31. The second-order valence-electron chi connectivity index (χ2n) is 9.82. The Labute approximate surface area is 235 Å². The van der Waals surface area contributed by atoms with E-state index < -0.39 is 17.4 Å². The van der Waals surface area contributed by atoms with Crippen LogP contribution in [0, 0.1) is 28.5 Å². The Morgan fingerprint density at radius 2 is 1.77 bits per heavy atom. The van der Waals surface area contributed by atoms with Gasteiger partial charge in [-0.2, -0.15) is 10.5 Å². The standard InChI is InChI=1S/C30H25ClFN5O3/c1-30(2,3)40-28(38)17-39-27-9-4-18(10-19(27)13-33)15-35-21-6-8-26-23(11-21)29(20(14-34)16-36-26)37-22-5-7-25(32)24(31)12-22/h4-12,16,35H,15,17H2,1-3H3,(H,36,37). The van der Waals surface area contributed by atoms with Crippen LogP contribution in [0.4, 0.5) is 21.5 Å². The monoisotopic (exact) mass is 557 g/mol. The van der Waals surface area contributed by atoms with Crippen LogP contribution in [-0.4, -0.2) is 23.2 Å². The Hall–Kier alpha value is -4.86. The number of hydrogen-bond donors (Lipinski definition) is 2. The molecule has 1 heterocycles. The summed E-state index contributed by atoms with van der Waals surface area (Å²) in [6, 6.07) is 19.1. The van der Waals surface area contributed by atoms with E-state index in [0.29, 0.717) is 34.4 Å². The van der Waals surface area contributed by atoms with Crippen LogP contribution in [0.25, 0.3) is 10.9 Å². The molecule has 10 heteroatoms. The average molecular weight is 558 g/mol. The lowest BCUT2D eigenvalue weighted by atomic mass is 10.1. The number of halogens is 2. The average Bonchev–Trinajstić information content (AvgIpc) is 2.92. The largest absolute Gasteiger partial charge is 0.481 e. The van der Waals surface area contributed by atoms with Crippen molar-refractivity contribution in [2.45, 2.75) is 32.9 Å². The Balaban J connectivity index is 1.52. The van der Waals surface area contributed by atoms with Crippen molar-refractivity contribution >= 4 is 45.5 Å². The third kappa shape index (κ3) is 6.96. The van der Waals surface area contributed by atoms with Crippen LogP contribution < -0.4 is 15.4 Å². The first-order valence-corrected chi connectivity index (χ1v) is 12.6. The molecule has 202 valence electrons. The number of fused-ring (bicyclic) bond motifs is 1. The van der Waals surface area contributed by atoms with Gasteiger partial charge in [-0.1, -0.05) is 17.7 Å². The van der Waals surface area contributed by atoms with Crippen molar-refractivity contribution in [2.75, 3.05) is 17.2 Å². The van der Waals surface area contributed by atoms with E-state index in [1.807, 2.05) is 18.2 Å². The SMILES string of the molecule is CC(C)(C)OC(=O)COc1ccc(CNc2ccc3ncc(C#N)c(Nc4ccc(F)c(Cl)c4)c3c2)cc1C#N. The van der Waals surface area contributed by atoms with Crippen molar-refractivity contribution in [3.63, 3.8) is 0 Å². The summed E-state index contributed by atoms with van der Waals surface area (Å²) in [5.41, 5.74) is 3.20. The van der Waals surface area contributed by atoms with E-state index in [1.165, 1.54) is 24.4 Å². The number of benzene rings is 3. The summed E-state index contributed by atoms with van der Waals surface area (Å²) in [5.74, 6) is -0.778. The van der Waals surface area contributed by atoms with Crippen LogP contribution in [0.5, 0.6) is 5.75 Å². The molecule has 2 N–H and O–H groups in total. The lowest BCUT2D eigenvalue weighted by Gasteiger charge is -2.19. The van der Waals surface area contributed by atoms with Crippen molar-refractivity contribution in [3.05, 3.63) is 88.3 Å². The third-order valence-electron chi connectivity index (χ3n) is 5.60. The zero-order chi connectivity index (χ0) is 28.9. The number of nitriles is 2. The van der Waals surface area contributed by atoms with E-state index in [9.17, 15) is 19.7 Å². The van der Waals surface area contributed by atoms with Crippen LogP contribution in [0.3, 0.4) is 0 Å². The first-order valence-electron chi connectivity index (χ1n) is 12.2. The molecule has 8 nitrogen and oxygen atoms in total. The molecule has 0 spiro atoms. The molecule has 0 saturated carbocycles. The lowest BCUT2D eigenvalue weighted by molar-refractivity contribution is -0.157. The van der Waals surface area contributed by atoms with Gasteiger partial charge in [-0.15, -0.1) is 0 Å². The van der Waals surface area contributed by atoms with Crippen molar-refractivity contribution in [3.8, 4) is 17.9 Å². The predicted octanol–water partition coefficient (Wildman–Crippen LogP) is 6.85. The van der Waals surface area contributed by atoms with Crippen LogP contribution in [0.1, 0.15) is 37.5 Å². The van der Waals surface area contributed by atoms with Crippen LogP contribution in [0.2, 0.25) is 5.02 Å². The molecule has 0 fully saturated rings. The van der Waals surface area contributed by atoms with E-state index in [4.69, 9.17) is 21.1 Å². The van der Waals surface area contributed by atoms with Gasteiger partial charge >= 0.3 is 5.97 Å². The maximum atomic E-state index is 13.6. The van der Waals surface area contributed by atoms with Gasteiger partial charge in [0, 0.05) is 29.5 Å². The number of anilines is 3. The third-order valence-corrected chi connectivity index (χ3v) is 5.89. The van der Waals surface area contributed by atoms with Crippen LogP contribution >= 0.6 is 11.6 Å². The lowest BCUT2D eigenvalue weighted by Crippen LogP contribution is -2.27. The number of aromatic nitrogens is 1. The highest BCUT2D eigenvalue weighted by Crippen LogP contribution is 2.32. The molecule has 4 aromatic rings. The Morgan fingerprint density at radius 3 is 2.48 bits per heavy atom. The predicted molar refractivity (Wildman–Crippen MR) is 151 cm³/mol. The van der Waals surface area contributed by atoms with Crippen LogP contribution in [0.15, 0.2) is 60.8 Å². The van der Waals surface area contributed by atoms with E-state index >= 15 is 0 Å². The summed E-state index contributed by atoms with van der Waals surface area (Å²) in [7, 11) is 0. The number of nitrogens with zero attached hydrogens (tertiary/aromatic N) is 3.